The Hall–Kier alpha value is -0.720. The Kier molecular flexibility index (Phi) is 7.22. The minimum atomic E-state index is -0.828. The van der Waals surface area contributed by atoms with E-state index in [0.29, 0.717) is 40.3 Å². The maximum atomic E-state index is 12.0. The Bertz CT molecular complexity index is 583. The fourth-order valence-corrected chi connectivity index (χ4v) is 2.78. The molecule has 0 spiro atoms. The number of likely N-dealkylation sites (tertiary alicyclic amines) is 1. The van der Waals surface area contributed by atoms with Gasteiger partial charge in [-0.2, -0.15) is 0 Å². The average Bonchev–Trinajstić information content (AvgIpc) is 2.84. The van der Waals surface area contributed by atoms with Gasteiger partial charge in [0.1, 0.15) is 0 Å². The second-order valence-electron chi connectivity index (χ2n) is 4.85. The van der Waals surface area contributed by atoms with Gasteiger partial charge < -0.3 is 10.4 Å². The zero-order chi connectivity index (χ0) is 15.6. The van der Waals surface area contributed by atoms with Gasteiger partial charge in [0.05, 0.1) is 33.2 Å². The van der Waals surface area contributed by atoms with Gasteiger partial charge in [-0.25, -0.2) is 0 Å². The molecule has 122 valence electrons. The highest BCUT2D eigenvalue weighted by molar-refractivity contribution is 6.44. The Morgan fingerprint density at radius 2 is 1.86 bits per heavy atom. The highest BCUT2D eigenvalue weighted by Gasteiger charge is 2.28. The smallest absolute Gasteiger partial charge is 0.307 e. The lowest BCUT2D eigenvalue weighted by Gasteiger charge is -2.15. The normalized spacial score (nSPS) is 17.9. The first-order valence-electron chi connectivity index (χ1n) is 6.26. The molecule has 1 aromatic rings. The number of aliphatic carboxylic acids is 1. The van der Waals surface area contributed by atoms with Gasteiger partial charge in [0.15, 0.2) is 0 Å². The standard InChI is InChI=1S/C13H13Cl3N2O3.ClH/c14-8-3-10(16)11(4-9(8)15)17-12(19)6-18-2-1-7(5-18)13(20)21;/h3-4,7H,1-2,5-6H2,(H,17,19)(H,20,21);1H. The summed E-state index contributed by atoms with van der Waals surface area (Å²) >= 11 is 17.7. The molecule has 1 saturated heterocycles. The number of nitrogens with one attached hydrogen (secondary N) is 1. The van der Waals surface area contributed by atoms with Crippen molar-refractivity contribution in [2.24, 2.45) is 5.92 Å². The molecule has 22 heavy (non-hydrogen) atoms. The molecule has 9 heteroatoms. The van der Waals surface area contributed by atoms with Crippen LogP contribution in [0.25, 0.3) is 0 Å². The van der Waals surface area contributed by atoms with Crippen molar-refractivity contribution >= 4 is 64.8 Å². The lowest BCUT2D eigenvalue weighted by atomic mass is 10.1. The van der Waals surface area contributed by atoms with Crippen LogP contribution in [0.1, 0.15) is 6.42 Å². The number of benzene rings is 1. The summed E-state index contributed by atoms with van der Waals surface area (Å²) in [5.74, 6) is -1.52. The molecule has 1 unspecified atom stereocenters. The molecular weight excluding hydrogens is 374 g/mol. The number of hydrogen-bond acceptors (Lipinski definition) is 3. The highest BCUT2D eigenvalue weighted by Crippen LogP contribution is 2.32. The van der Waals surface area contributed by atoms with Crippen LogP contribution in [-0.2, 0) is 9.59 Å². The van der Waals surface area contributed by atoms with Crippen LogP contribution in [0, 0.1) is 5.92 Å². The molecule has 5 nitrogen and oxygen atoms in total. The van der Waals surface area contributed by atoms with Gasteiger partial charge in [-0.05, 0) is 25.1 Å². The number of carbonyl (C=O) groups is 2. The maximum Gasteiger partial charge on any atom is 0.307 e. The first-order valence-corrected chi connectivity index (χ1v) is 7.39. The molecule has 0 bridgehead atoms. The van der Waals surface area contributed by atoms with Gasteiger partial charge in [0.2, 0.25) is 5.91 Å². The molecule has 1 amide bonds. The molecule has 1 fully saturated rings. The number of halogens is 4. The molecule has 0 aliphatic carbocycles. The predicted molar refractivity (Wildman–Crippen MR) is 89.5 cm³/mol. The van der Waals surface area contributed by atoms with Crippen LogP contribution in [0.2, 0.25) is 15.1 Å². The molecule has 0 saturated carbocycles. The van der Waals surface area contributed by atoms with Crippen LogP contribution in [0.4, 0.5) is 5.69 Å². The van der Waals surface area contributed by atoms with Crippen LogP contribution in [0.3, 0.4) is 0 Å². The molecule has 1 heterocycles. The Labute approximate surface area is 148 Å². The van der Waals surface area contributed by atoms with Crippen molar-refractivity contribution in [3.05, 3.63) is 27.2 Å². The van der Waals surface area contributed by atoms with Crippen molar-refractivity contribution in [2.45, 2.75) is 6.42 Å². The van der Waals surface area contributed by atoms with E-state index in [1.54, 1.807) is 4.90 Å². The van der Waals surface area contributed by atoms with E-state index in [2.05, 4.69) is 5.32 Å². The van der Waals surface area contributed by atoms with Crippen molar-refractivity contribution in [1.29, 1.82) is 0 Å². The summed E-state index contributed by atoms with van der Waals surface area (Å²) in [6.07, 6.45) is 0.552. The second kappa shape index (κ2) is 8.22. The van der Waals surface area contributed by atoms with Crippen LogP contribution >= 0.6 is 47.2 Å². The van der Waals surface area contributed by atoms with E-state index in [4.69, 9.17) is 39.9 Å². The number of amides is 1. The van der Waals surface area contributed by atoms with Gasteiger partial charge in [-0.3, -0.25) is 14.5 Å². The van der Waals surface area contributed by atoms with Gasteiger partial charge >= 0.3 is 5.97 Å². The summed E-state index contributed by atoms with van der Waals surface area (Å²) in [7, 11) is 0. The first kappa shape index (κ1) is 19.3. The van der Waals surface area contributed by atoms with E-state index in [1.165, 1.54) is 12.1 Å². The zero-order valence-corrected chi connectivity index (χ0v) is 14.4. The quantitative estimate of drug-likeness (QED) is 0.776. The van der Waals surface area contributed by atoms with Crippen molar-refractivity contribution < 1.29 is 14.7 Å². The van der Waals surface area contributed by atoms with Crippen LogP contribution in [0.5, 0.6) is 0 Å². The van der Waals surface area contributed by atoms with Gasteiger partial charge in [-0.15, -0.1) is 12.4 Å². The number of anilines is 1. The summed E-state index contributed by atoms with van der Waals surface area (Å²) in [6.45, 7) is 1.07. The molecule has 0 radical (unpaired) electrons. The third-order valence-corrected chi connectivity index (χ3v) is 4.31. The van der Waals surface area contributed by atoms with E-state index >= 15 is 0 Å². The summed E-state index contributed by atoms with van der Waals surface area (Å²) in [6, 6.07) is 2.94. The van der Waals surface area contributed by atoms with Crippen LogP contribution < -0.4 is 5.32 Å². The number of carboxylic acid groups (broad SMARTS) is 1. The van der Waals surface area contributed by atoms with Crippen molar-refractivity contribution in [2.75, 3.05) is 25.0 Å². The van der Waals surface area contributed by atoms with E-state index in [9.17, 15) is 9.59 Å². The topological polar surface area (TPSA) is 69.6 Å². The first-order chi connectivity index (χ1) is 9.86. The van der Waals surface area contributed by atoms with Crippen LogP contribution in [0.15, 0.2) is 12.1 Å². The minimum absolute atomic E-state index is 0. The third kappa shape index (κ3) is 4.89. The third-order valence-electron chi connectivity index (χ3n) is 3.27. The summed E-state index contributed by atoms with van der Waals surface area (Å²) in [5, 5.41) is 12.5. The Morgan fingerprint density at radius 1 is 1.23 bits per heavy atom. The number of hydrogen-bond donors (Lipinski definition) is 2. The lowest BCUT2D eigenvalue weighted by Crippen LogP contribution is -2.32. The van der Waals surface area contributed by atoms with E-state index in [1.807, 2.05) is 0 Å². The molecular formula is C13H14Cl4N2O3. The average molecular weight is 388 g/mol. The molecule has 2 N–H and O–H groups in total. The SMILES string of the molecule is Cl.O=C(CN1CCC(C(=O)O)C1)Nc1cc(Cl)c(Cl)cc1Cl. The summed E-state index contributed by atoms with van der Waals surface area (Å²) < 4.78 is 0. The monoisotopic (exact) mass is 386 g/mol. The van der Waals surface area contributed by atoms with Crippen molar-refractivity contribution in [1.82, 2.24) is 4.90 Å². The number of carboxylic acids is 1. The molecule has 1 atom stereocenters. The number of carbonyl (C=O) groups excluding carboxylic acids is 1. The highest BCUT2D eigenvalue weighted by atomic mass is 35.5. The Balaban J connectivity index is 0.00000242. The summed E-state index contributed by atoms with van der Waals surface area (Å²) in [5.41, 5.74) is 0.380. The minimum Gasteiger partial charge on any atom is -0.481 e. The fourth-order valence-electron chi connectivity index (χ4n) is 2.19. The molecule has 1 aromatic carbocycles. The van der Waals surface area contributed by atoms with E-state index in [-0.39, 0.29) is 24.9 Å². The molecule has 0 aromatic heterocycles. The second-order valence-corrected chi connectivity index (χ2v) is 6.07. The van der Waals surface area contributed by atoms with Gasteiger partial charge in [0, 0.05) is 6.54 Å². The largest absolute Gasteiger partial charge is 0.481 e. The van der Waals surface area contributed by atoms with Crippen molar-refractivity contribution in [3.63, 3.8) is 0 Å². The van der Waals surface area contributed by atoms with E-state index < -0.39 is 11.9 Å². The summed E-state index contributed by atoms with van der Waals surface area (Å²) in [4.78, 5) is 24.6. The molecule has 1 aliphatic heterocycles. The van der Waals surface area contributed by atoms with Gasteiger partial charge in [0.25, 0.3) is 0 Å². The van der Waals surface area contributed by atoms with E-state index in [0.717, 1.165) is 0 Å². The Morgan fingerprint density at radius 3 is 2.45 bits per heavy atom. The number of rotatable bonds is 4. The lowest BCUT2D eigenvalue weighted by molar-refractivity contribution is -0.141. The zero-order valence-electron chi connectivity index (χ0n) is 11.3. The fraction of sp³-hybridized carbons (Fsp3) is 0.385. The maximum absolute atomic E-state index is 12.0. The van der Waals surface area contributed by atoms with Crippen molar-refractivity contribution in [3.8, 4) is 0 Å². The van der Waals surface area contributed by atoms with Gasteiger partial charge in [-0.1, -0.05) is 34.8 Å². The number of nitrogens with zero attached hydrogens (tertiary/aromatic N) is 1. The van der Waals surface area contributed by atoms with Crippen LogP contribution in [-0.4, -0.2) is 41.5 Å². The predicted octanol–water partition coefficient (Wildman–Crippen LogP) is 3.41. The molecule has 2 rings (SSSR count). The molecule has 1 aliphatic rings.